The maximum atomic E-state index is 13.3. The second kappa shape index (κ2) is 9.63. The maximum Gasteiger partial charge on any atom is 0.433 e. The zero-order valence-electron chi connectivity index (χ0n) is 25.6. The molecule has 3 heterocycles. The standard InChI is InChI=1S/C32H45F3N2O2Si/c1-19(2)27-25-26(24-21(37-27)16-30(6,7)17-22(24)39-40(8,9)29(3,4)5)31(14-10-11-15-31)38-28(25)20-12-13-23(36-18-20)32(33,34)35/h12-13,18-19,22,28H,10-11,14-17H2,1-9H3. The van der Waals surface area contributed by atoms with Gasteiger partial charge in [-0.05, 0) is 66.8 Å². The van der Waals surface area contributed by atoms with Crippen LogP contribution >= 0.6 is 0 Å². The van der Waals surface area contributed by atoms with Gasteiger partial charge in [0.2, 0.25) is 0 Å². The van der Waals surface area contributed by atoms with Crippen LogP contribution in [0.2, 0.25) is 18.1 Å². The number of ether oxygens (including phenoxy) is 1. The van der Waals surface area contributed by atoms with Crippen LogP contribution in [0.15, 0.2) is 18.3 Å². The molecule has 0 bridgehead atoms. The Labute approximate surface area is 238 Å². The summed E-state index contributed by atoms with van der Waals surface area (Å²) < 4.78 is 54.3. The number of pyridine rings is 2. The van der Waals surface area contributed by atoms with Crippen LogP contribution in [0.1, 0.15) is 138 Å². The third-order valence-corrected chi connectivity index (χ3v) is 14.2. The van der Waals surface area contributed by atoms with Crippen molar-refractivity contribution in [1.29, 1.82) is 0 Å². The lowest BCUT2D eigenvalue weighted by molar-refractivity contribution is -0.141. The van der Waals surface area contributed by atoms with E-state index in [1.165, 1.54) is 23.4 Å². The van der Waals surface area contributed by atoms with Crippen molar-refractivity contribution in [3.05, 3.63) is 57.7 Å². The normalized spacial score (nSPS) is 24.0. The number of halogens is 3. The summed E-state index contributed by atoms with van der Waals surface area (Å²) >= 11 is 0. The summed E-state index contributed by atoms with van der Waals surface area (Å²) in [4.78, 5) is 9.17. The molecule has 0 radical (unpaired) electrons. The van der Waals surface area contributed by atoms with Gasteiger partial charge in [0.05, 0.1) is 11.7 Å². The Bertz CT molecular complexity index is 1270. The molecule has 8 heteroatoms. The van der Waals surface area contributed by atoms with Gasteiger partial charge in [0.25, 0.3) is 0 Å². The first-order chi connectivity index (χ1) is 18.4. The van der Waals surface area contributed by atoms with E-state index in [2.05, 4.69) is 66.5 Å². The Morgan fingerprint density at radius 2 is 1.70 bits per heavy atom. The minimum Gasteiger partial charge on any atom is -0.410 e. The van der Waals surface area contributed by atoms with Crippen molar-refractivity contribution in [3.63, 3.8) is 0 Å². The van der Waals surface area contributed by atoms with E-state index in [4.69, 9.17) is 14.1 Å². The van der Waals surface area contributed by atoms with Crippen LogP contribution in [0.5, 0.6) is 0 Å². The van der Waals surface area contributed by atoms with Gasteiger partial charge in [-0.1, -0.05) is 67.4 Å². The predicted octanol–water partition coefficient (Wildman–Crippen LogP) is 9.54. The lowest BCUT2D eigenvalue weighted by Crippen LogP contribution is -2.44. The molecule has 0 N–H and O–H groups in total. The third kappa shape index (κ3) is 5.06. The lowest BCUT2D eigenvalue weighted by Gasteiger charge is -2.45. The maximum absolute atomic E-state index is 13.3. The topological polar surface area (TPSA) is 44.2 Å². The molecule has 0 amide bonds. The Kier molecular flexibility index (Phi) is 7.15. The molecule has 0 saturated heterocycles. The van der Waals surface area contributed by atoms with Gasteiger partial charge in [-0.3, -0.25) is 9.97 Å². The van der Waals surface area contributed by atoms with Crippen LogP contribution in [-0.4, -0.2) is 18.3 Å². The molecule has 2 aromatic heterocycles. The summed E-state index contributed by atoms with van der Waals surface area (Å²) in [5.74, 6) is 0.133. The van der Waals surface area contributed by atoms with Crippen LogP contribution < -0.4 is 0 Å². The molecule has 40 heavy (non-hydrogen) atoms. The second-order valence-corrected chi connectivity index (χ2v) is 19.6. The summed E-state index contributed by atoms with van der Waals surface area (Å²) in [6.07, 6.45) is 1.97. The molecule has 2 unspecified atom stereocenters. The van der Waals surface area contributed by atoms with Crippen LogP contribution in [0.25, 0.3) is 0 Å². The molecule has 1 saturated carbocycles. The summed E-state index contributed by atoms with van der Waals surface area (Å²) in [6, 6.07) is 2.61. The highest BCUT2D eigenvalue weighted by Gasteiger charge is 2.54. The van der Waals surface area contributed by atoms with Crippen molar-refractivity contribution in [1.82, 2.24) is 9.97 Å². The third-order valence-electron chi connectivity index (χ3n) is 9.73. The van der Waals surface area contributed by atoms with Crippen LogP contribution in [-0.2, 0) is 27.4 Å². The minimum atomic E-state index is -4.48. The molecular weight excluding hydrogens is 529 g/mol. The second-order valence-electron chi connectivity index (χ2n) is 14.9. The zero-order valence-corrected chi connectivity index (χ0v) is 26.6. The quantitative estimate of drug-likeness (QED) is 0.341. The first kappa shape index (κ1) is 29.7. The average Bonchev–Trinajstić information content (AvgIpc) is 3.41. The van der Waals surface area contributed by atoms with E-state index in [1.54, 1.807) is 0 Å². The number of aromatic nitrogens is 2. The fourth-order valence-corrected chi connectivity index (χ4v) is 8.01. The number of hydrogen-bond acceptors (Lipinski definition) is 4. The molecule has 5 rings (SSSR count). The molecular formula is C32H45F3N2O2Si. The molecule has 1 aliphatic heterocycles. The van der Waals surface area contributed by atoms with E-state index in [-0.39, 0.29) is 22.5 Å². The van der Waals surface area contributed by atoms with Crippen molar-refractivity contribution in [2.24, 2.45) is 5.41 Å². The van der Waals surface area contributed by atoms with E-state index >= 15 is 0 Å². The first-order valence-electron chi connectivity index (χ1n) is 14.8. The molecule has 2 aromatic rings. The summed E-state index contributed by atoms with van der Waals surface area (Å²) in [5.41, 5.74) is 4.90. The highest BCUT2D eigenvalue weighted by Crippen LogP contribution is 2.60. The van der Waals surface area contributed by atoms with Crippen molar-refractivity contribution >= 4 is 8.32 Å². The predicted molar refractivity (Wildman–Crippen MR) is 154 cm³/mol. The Balaban J connectivity index is 1.75. The van der Waals surface area contributed by atoms with Crippen LogP contribution in [0.4, 0.5) is 13.2 Å². The molecule has 1 fully saturated rings. The molecule has 220 valence electrons. The van der Waals surface area contributed by atoms with Crippen molar-refractivity contribution in [2.45, 2.75) is 135 Å². The van der Waals surface area contributed by atoms with Gasteiger partial charge in [-0.15, -0.1) is 0 Å². The van der Waals surface area contributed by atoms with E-state index in [0.29, 0.717) is 5.56 Å². The summed E-state index contributed by atoms with van der Waals surface area (Å²) in [7, 11) is -2.13. The number of hydrogen-bond donors (Lipinski definition) is 0. The molecule has 2 atom stereocenters. The van der Waals surface area contributed by atoms with Crippen LogP contribution in [0.3, 0.4) is 0 Å². The zero-order chi connectivity index (χ0) is 29.5. The van der Waals surface area contributed by atoms with Gasteiger partial charge in [0, 0.05) is 34.3 Å². The number of rotatable bonds is 4. The minimum absolute atomic E-state index is 0.0363. The Morgan fingerprint density at radius 1 is 1.05 bits per heavy atom. The highest BCUT2D eigenvalue weighted by atomic mass is 28.4. The van der Waals surface area contributed by atoms with Gasteiger partial charge in [0.15, 0.2) is 8.32 Å². The Morgan fingerprint density at radius 3 is 2.23 bits per heavy atom. The Hall–Kier alpha value is -1.77. The van der Waals surface area contributed by atoms with Gasteiger partial charge < -0.3 is 9.16 Å². The fourth-order valence-electron chi connectivity index (χ4n) is 6.74. The SMILES string of the molecule is CC(C)c1nc2c(c3c1C(c1ccc(C(F)(F)F)nc1)OC31CCCC1)C(O[Si](C)(C)C(C)(C)C)CC(C)(C)C2. The van der Waals surface area contributed by atoms with Crippen molar-refractivity contribution in [2.75, 3.05) is 0 Å². The van der Waals surface area contributed by atoms with Crippen molar-refractivity contribution in [3.8, 4) is 0 Å². The highest BCUT2D eigenvalue weighted by molar-refractivity contribution is 6.74. The van der Waals surface area contributed by atoms with Gasteiger partial charge in [0.1, 0.15) is 11.8 Å². The summed E-state index contributed by atoms with van der Waals surface area (Å²) in [6.45, 7) is 20.3. The van der Waals surface area contributed by atoms with Crippen molar-refractivity contribution < 1.29 is 22.3 Å². The van der Waals surface area contributed by atoms with E-state index in [0.717, 1.165) is 61.5 Å². The van der Waals surface area contributed by atoms with Gasteiger partial charge >= 0.3 is 6.18 Å². The van der Waals surface area contributed by atoms with Crippen LogP contribution in [0, 0.1) is 5.41 Å². The largest absolute Gasteiger partial charge is 0.433 e. The molecule has 2 aliphatic carbocycles. The molecule has 1 spiro atoms. The lowest BCUT2D eigenvalue weighted by atomic mass is 9.70. The van der Waals surface area contributed by atoms with Gasteiger partial charge in [-0.2, -0.15) is 13.2 Å². The first-order valence-corrected chi connectivity index (χ1v) is 17.7. The monoisotopic (exact) mass is 574 g/mol. The fraction of sp³-hybridized carbons (Fsp3) is 0.688. The van der Waals surface area contributed by atoms with E-state index in [9.17, 15) is 13.2 Å². The van der Waals surface area contributed by atoms with E-state index < -0.39 is 31.9 Å². The number of nitrogens with zero attached hydrogens (tertiary/aromatic N) is 2. The number of fused-ring (bicyclic) bond motifs is 4. The number of alkyl halides is 3. The summed E-state index contributed by atoms with van der Waals surface area (Å²) in [5, 5.41) is 0.0548. The van der Waals surface area contributed by atoms with E-state index in [1.807, 2.05) is 0 Å². The molecule has 4 nitrogen and oxygen atoms in total. The van der Waals surface area contributed by atoms with Gasteiger partial charge in [-0.25, -0.2) is 0 Å². The molecule has 3 aliphatic rings. The smallest absolute Gasteiger partial charge is 0.410 e. The molecule has 0 aromatic carbocycles. The average molecular weight is 575 g/mol.